The molecule has 0 fully saturated rings. The van der Waals surface area contributed by atoms with E-state index >= 15 is 0 Å². The first kappa shape index (κ1) is 31.2. The van der Waals surface area contributed by atoms with Crippen LogP contribution in [0.1, 0.15) is 131 Å². The van der Waals surface area contributed by atoms with Crippen LogP contribution >= 0.6 is 0 Å². The summed E-state index contributed by atoms with van der Waals surface area (Å²) in [7, 11) is 0. The second-order valence-electron chi connectivity index (χ2n) is 13.1. The summed E-state index contributed by atoms with van der Waals surface area (Å²) in [5, 5.41) is 0. The van der Waals surface area contributed by atoms with Crippen molar-refractivity contribution in [1.82, 2.24) is 4.98 Å². The van der Waals surface area contributed by atoms with Gasteiger partial charge in [-0.05, 0) is 100.0 Å². The van der Waals surface area contributed by atoms with Crippen LogP contribution in [0.2, 0.25) is 0 Å². The number of ether oxygens (including phenoxy) is 2. The molecule has 4 heteroatoms. The molecule has 2 heterocycles. The number of nitrogens with zero attached hydrogens (tertiary/aromatic N) is 1. The zero-order valence-corrected chi connectivity index (χ0v) is 26.0. The van der Waals surface area contributed by atoms with Crippen molar-refractivity contribution < 1.29 is 14.3 Å². The van der Waals surface area contributed by atoms with Gasteiger partial charge in [0.2, 0.25) is 0 Å². The Hall–Kier alpha value is -2.36. The molecule has 1 aliphatic rings. The number of pyridine rings is 1. The Morgan fingerprint density at radius 1 is 0.949 bits per heavy atom. The van der Waals surface area contributed by atoms with Gasteiger partial charge in [0, 0.05) is 18.0 Å². The molecule has 0 bridgehead atoms. The number of rotatable bonds is 14. The fourth-order valence-corrected chi connectivity index (χ4v) is 6.05. The molecule has 0 saturated heterocycles. The Bertz CT molecular complexity index is 1080. The fraction of sp³-hybridized carbons (Fsp3) is 0.657. The Kier molecular flexibility index (Phi) is 11.4. The molecule has 0 aliphatic carbocycles. The highest BCUT2D eigenvalue weighted by atomic mass is 16.5. The average molecular weight is 536 g/mol. The van der Waals surface area contributed by atoms with Gasteiger partial charge in [-0.25, -0.2) is 4.79 Å². The first-order valence-corrected chi connectivity index (χ1v) is 15.4. The molecule has 4 nitrogen and oxygen atoms in total. The predicted molar refractivity (Wildman–Crippen MR) is 162 cm³/mol. The van der Waals surface area contributed by atoms with Crippen LogP contribution in [0.5, 0.6) is 11.5 Å². The summed E-state index contributed by atoms with van der Waals surface area (Å²) >= 11 is 0. The Balaban J connectivity index is 1.51. The molecule has 0 amide bonds. The summed E-state index contributed by atoms with van der Waals surface area (Å²) < 4.78 is 12.6. The Morgan fingerprint density at radius 3 is 2.21 bits per heavy atom. The van der Waals surface area contributed by atoms with Gasteiger partial charge in [-0.1, -0.05) is 72.6 Å². The molecule has 3 rings (SSSR count). The largest absolute Gasteiger partial charge is 0.487 e. The minimum atomic E-state index is -0.370. The van der Waals surface area contributed by atoms with E-state index in [2.05, 4.69) is 53.5 Å². The van der Waals surface area contributed by atoms with Crippen LogP contribution in [0, 0.1) is 38.5 Å². The zero-order chi connectivity index (χ0) is 28.6. The smallest absolute Gasteiger partial charge is 0.345 e. The summed E-state index contributed by atoms with van der Waals surface area (Å²) in [6.07, 6.45) is 16.9. The van der Waals surface area contributed by atoms with Gasteiger partial charge in [0.1, 0.15) is 17.1 Å². The minimum absolute atomic E-state index is 0.144. The second-order valence-corrected chi connectivity index (χ2v) is 13.1. The number of benzene rings is 1. The van der Waals surface area contributed by atoms with Gasteiger partial charge >= 0.3 is 5.97 Å². The van der Waals surface area contributed by atoms with Crippen molar-refractivity contribution in [3.05, 3.63) is 52.3 Å². The van der Waals surface area contributed by atoms with E-state index in [-0.39, 0.29) is 11.6 Å². The second kappa shape index (κ2) is 14.3. The number of carbonyl (C=O) groups excluding carboxylic acids is 1. The van der Waals surface area contributed by atoms with Crippen LogP contribution in [-0.2, 0) is 6.42 Å². The van der Waals surface area contributed by atoms with Crippen LogP contribution in [-0.4, -0.2) is 16.6 Å². The molecule has 0 saturated carbocycles. The van der Waals surface area contributed by atoms with Crippen molar-refractivity contribution in [3.63, 3.8) is 0 Å². The molecule has 0 radical (unpaired) electrons. The van der Waals surface area contributed by atoms with E-state index in [0.29, 0.717) is 11.3 Å². The maximum atomic E-state index is 12.7. The van der Waals surface area contributed by atoms with Crippen molar-refractivity contribution in [2.75, 3.05) is 0 Å². The van der Waals surface area contributed by atoms with Crippen molar-refractivity contribution >= 4 is 5.97 Å². The third kappa shape index (κ3) is 8.82. The van der Waals surface area contributed by atoms with E-state index in [1.165, 1.54) is 56.9 Å². The lowest BCUT2D eigenvalue weighted by Crippen LogP contribution is -2.37. The normalized spacial score (nSPS) is 18.4. The highest BCUT2D eigenvalue weighted by Crippen LogP contribution is 2.45. The monoisotopic (exact) mass is 535 g/mol. The van der Waals surface area contributed by atoms with Crippen LogP contribution in [0.4, 0.5) is 0 Å². The lowest BCUT2D eigenvalue weighted by molar-refractivity contribution is 0.0508. The van der Waals surface area contributed by atoms with Gasteiger partial charge in [-0.2, -0.15) is 0 Å². The SMILES string of the molecule is Cc1c(C)c2c(c(C)c1OC(=O)c1cccnc1)CC[C@](C)(CCC[C@@H](C)CCC[C@@H](C)CCCC(C)C)O2. The molecule has 0 unspecified atom stereocenters. The molecule has 0 spiro atoms. The van der Waals surface area contributed by atoms with E-state index in [0.717, 1.165) is 59.5 Å². The molecule has 1 aromatic heterocycles. The molecular formula is C35H53NO3. The lowest BCUT2D eigenvalue weighted by atomic mass is 9.83. The van der Waals surface area contributed by atoms with Crippen LogP contribution in [0.15, 0.2) is 24.5 Å². The standard InChI is InChI=1S/C35H53NO3/c1-24(2)13-9-14-25(3)15-10-16-26(4)17-11-20-35(8)21-19-31-29(7)32(27(5)28(6)33(31)39-35)38-34(37)30-18-12-22-36-23-30/h12,18,22-26H,9-11,13-17,19-21H2,1-8H3/t25-,26-,35-/m0/s1. The van der Waals surface area contributed by atoms with Crippen molar-refractivity contribution in [1.29, 1.82) is 0 Å². The van der Waals surface area contributed by atoms with Gasteiger partial charge < -0.3 is 9.47 Å². The molecule has 0 N–H and O–H groups in total. The predicted octanol–water partition coefficient (Wildman–Crippen LogP) is 9.75. The number of hydrogen-bond donors (Lipinski definition) is 0. The third-order valence-electron chi connectivity index (χ3n) is 8.93. The summed E-state index contributed by atoms with van der Waals surface area (Å²) in [5.74, 6) is 3.76. The van der Waals surface area contributed by atoms with Crippen molar-refractivity contribution in [3.8, 4) is 11.5 Å². The molecule has 2 aromatic rings. The van der Waals surface area contributed by atoms with Gasteiger partial charge in [0.15, 0.2) is 0 Å². The van der Waals surface area contributed by atoms with Crippen LogP contribution < -0.4 is 9.47 Å². The van der Waals surface area contributed by atoms with Crippen molar-refractivity contribution in [2.45, 2.75) is 132 Å². The van der Waals surface area contributed by atoms with Gasteiger partial charge in [0.05, 0.1) is 5.56 Å². The van der Waals surface area contributed by atoms with Gasteiger partial charge in [0.25, 0.3) is 0 Å². The van der Waals surface area contributed by atoms with Crippen molar-refractivity contribution in [2.24, 2.45) is 17.8 Å². The van der Waals surface area contributed by atoms with E-state index < -0.39 is 0 Å². The zero-order valence-electron chi connectivity index (χ0n) is 26.0. The first-order valence-electron chi connectivity index (χ1n) is 15.4. The fourth-order valence-electron chi connectivity index (χ4n) is 6.05. The van der Waals surface area contributed by atoms with E-state index in [1.807, 2.05) is 6.92 Å². The number of aromatic nitrogens is 1. The summed E-state index contributed by atoms with van der Waals surface area (Å²) in [4.78, 5) is 16.8. The number of hydrogen-bond acceptors (Lipinski definition) is 4. The molecule has 1 aliphatic heterocycles. The first-order chi connectivity index (χ1) is 18.5. The van der Waals surface area contributed by atoms with Crippen LogP contribution in [0.3, 0.4) is 0 Å². The number of esters is 1. The number of fused-ring (bicyclic) bond motifs is 1. The molecule has 39 heavy (non-hydrogen) atoms. The maximum Gasteiger partial charge on any atom is 0.345 e. The summed E-state index contributed by atoms with van der Waals surface area (Å²) in [5.41, 5.74) is 4.56. The molecule has 216 valence electrons. The summed E-state index contributed by atoms with van der Waals surface area (Å²) in [6, 6.07) is 3.48. The highest BCUT2D eigenvalue weighted by molar-refractivity contribution is 5.91. The van der Waals surface area contributed by atoms with Gasteiger partial charge in [-0.3, -0.25) is 4.98 Å². The quantitative estimate of drug-likeness (QED) is 0.178. The maximum absolute atomic E-state index is 12.7. The number of carbonyl (C=O) groups is 1. The minimum Gasteiger partial charge on any atom is -0.487 e. The highest BCUT2D eigenvalue weighted by Gasteiger charge is 2.35. The van der Waals surface area contributed by atoms with Gasteiger partial charge in [-0.15, -0.1) is 0 Å². The van der Waals surface area contributed by atoms with E-state index in [9.17, 15) is 4.79 Å². The topological polar surface area (TPSA) is 48.4 Å². The van der Waals surface area contributed by atoms with E-state index in [4.69, 9.17) is 9.47 Å². The Morgan fingerprint density at radius 2 is 1.59 bits per heavy atom. The van der Waals surface area contributed by atoms with E-state index in [1.54, 1.807) is 24.5 Å². The Labute approximate surface area is 238 Å². The molecule has 3 atom stereocenters. The average Bonchev–Trinajstić information content (AvgIpc) is 2.90. The molecule has 1 aromatic carbocycles. The van der Waals surface area contributed by atoms with Crippen LogP contribution in [0.25, 0.3) is 0 Å². The third-order valence-corrected chi connectivity index (χ3v) is 8.93. The summed E-state index contributed by atoms with van der Waals surface area (Å²) in [6.45, 7) is 18.0. The molecular weight excluding hydrogens is 482 g/mol. The lowest BCUT2D eigenvalue weighted by Gasteiger charge is -2.38.